The van der Waals surface area contributed by atoms with Crippen molar-refractivity contribution < 1.29 is 4.79 Å². The van der Waals surface area contributed by atoms with E-state index in [1.54, 1.807) is 6.20 Å². The molecule has 0 aliphatic rings. The van der Waals surface area contributed by atoms with Crippen LogP contribution in [-0.2, 0) is 0 Å². The second kappa shape index (κ2) is 4.11. The van der Waals surface area contributed by atoms with Gasteiger partial charge in [-0.25, -0.2) is 0 Å². The van der Waals surface area contributed by atoms with Gasteiger partial charge in [-0.3, -0.25) is 9.78 Å². The highest BCUT2D eigenvalue weighted by Crippen LogP contribution is 2.32. The monoisotopic (exact) mass is 239 g/mol. The summed E-state index contributed by atoms with van der Waals surface area (Å²) >= 11 is 1.50. The molecule has 0 fully saturated rings. The lowest BCUT2D eigenvalue weighted by atomic mass is 10.1. The normalized spacial score (nSPS) is 10.6. The van der Waals surface area contributed by atoms with Crippen molar-refractivity contribution in [3.05, 3.63) is 53.5 Å². The summed E-state index contributed by atoms with van der Waals surface area (Å²) < 4.78 is 0. The van der Waals surface area contributed by atoms with Crippen LogP contribution in [0.25, 0.3) is 21.3 Å². The number of nitrogens with zero attached hydrogens (tertiary/aromatic N) is 1. The number of fused-ring (bicyclic) bond motifs is 1. The Balaban J connectivity index is 2.26. The van der Waals surface area contributed by atoms with E-state index in [-0.39, 0.29) is 0 Å². The standard InChI is InChI=1S/C14H9NOS/c16-9-10-6-7-14(17-10)12-3-1-5-13-11(12)4-2-8-15-13/h1-9H. The van der Waals surface area contributed by atoms with E-state index in [0.29, 0.717) is 0 Å². The van der Waals surface area contributed by atoms with Gasteiger partial charge in [0.05, 0.1) is 10.4 Å². The number of hydrogen-bond acceptors (Lipinski definition) is 3. The third-order valence-corrected chi connectivity index (χ3v) is 3.70. The molecule has 2 nitrogen and oxygen atoms in total. The first-order valence-electron chi connectivity index (χ1n) is 5.27. The smallest absolute Gasteiger partial charge is 0.160 e. The Bertz CT molecular complexity index is 682. The fraction of sp³-hybridized carbons (Fsp3) is 0. The molecule has 1 aromatic carbocycles. The Morgan fingerprint density at radius 2 is 2.00 bits per heavy atom. The van der Waals surface area contributed by atoms with Gasteiger partial charge in [0.2, 0.25) is 0 Å². The van der Waals surface area contributed by atoms with Gasteiger partial charge in [0.15, 0.2) is 6.29 Å². The quantitative estimate of drug-likeness (QED) is 0.637. The largest absolute Gasteiger partial charge is 0.297 e. The fourth-order valence-electron chi connectivity index (χ4n) is 1.88. The zero-order valence-electron chi connectivity index (χ0n) is 8.96. The summed E-state index contributed by atoms with van der Waals surface area (Å²) in [6, 6.07) is 13.9. The zero-order valence-corrected chi connectivity index (χ0v) is 9.78. The number of rotatable bonds is 2. The molecule has 0 N–H and O–H groups in total. The Morgan fingerprint density at radius 1 is 1.06 bits per heavy atom. The van der Waals surface area contributed by atoms with Crippen molar-refractivity contribution >= 4 is 28.5 Å². The van der Waals surface area contributed by atoms with Crippen LogP contribution in [0.3, 0.4) is 0 Å². The number of pyridine rings is 1. The van der Waals surface area contributed by atoms with E-state index >= 15 is 0 Å². The Labute approximate surface area is 103 Å². The van der Waals surface area contributed by atoms with Gasteiger partial charge in [-0.2, -0.15) is 0 Å². The molecule has 3 heteroatoms. The summed E-state index contributed by atoms with van der Waals surface area (Å²) in [4.78, 5) is 16.9. The SMILES string of the molecule is O=Cc1ccc(-c2cccc3ncccc23)s1. The number of carbonyl (C=O) groups is 1. The van der Waals surface area contributed by atoms with Gasteiger partial charge in [0.25, 0.3) is 0 Å². The second-order valence-corrected chi connectivity index (χ2v) is 4.81. The van der Waals surface area contributed by atoms with E-state index in [4.69, 9.17) is 0 Å². The minimum Gasteiger partial charge on any atom is -0.297 e. The molecule has 0 unspecified atom stereocenters. The number of thiophene rings is 1. The van der Waals surface area contributed by atoms with Gasteiger partial charge in [-0.15, -0.1) is 11.3 Å². The molecule has 82 valence electrons. The van der Waals surface area contributed by atoms with E-state index in [0.717, 1.165) is 32.5 Å². The van der Waals surface area contributed by atoms with Gasteiger partial charge >= 0.3 is 0 Å². The Morgan fingerprint density at radius 3 is 2.82 bits per heavy atom. The third kappa shape index (κ3) is 1.74. The lowest BCUT2D eigenvalue weighted by molar-refractivity contribution is 0.112. The van der Waals surface area contributed by atoms with E-state index in [1.165, 1.54) is 11.3 Å². The van der Waals surface area contributed by atoms with Crippen molar-refractivity contribution in [1.29, 1.82) is 0 Å². The minimum absolute atomic E-state index is 0.751. The first kappa shape index (κ1) is 10.2. The van der Waals surface area contributed by atoms with Crippen molar-refractivity contribution in [3.8, 4) is 10.4 Å². The van der Waals surface area contributed by atoms with E-state index in [9.17, 15) is 4.79 Å². The summed E-state index contributed by atoms with van der Waals surface area (Å²) in [5.41, 5.74) is 2.11. The van der Waals surface area contributed by atoms with Crippen LogP contribution in [0.1, 0.15) is 9.67 Å². The summed E-state index contributed by atoms with van der Waals surface area (Å²) in [6.07, 6.45) is 2.68. The molecule has 0 aliphatic heterocycles. The first-order valence-corrected chi connectivity index (χ1v) is 6.09. The highest BCUT2D eigenvalue weighted by atomic mass is 32.1. The number of aromatic nitrogens is 1. The summed E-state index contributed by atoms with van der Waals surface area (Å²) in [7, 11) is 0. The van der Waals surface area contributed by atoms with Crippen LogP contribution in [0.4, 0.5) is 0 Å². The van der Waals surface area contributed by atoms with E-state index in [1.807, 2.05) is 30.3 Å². The van der Waals surface area contributed by atoms with Gasteiger partial charge in [-0.1, -0.05) is 18.2 Å². The van der Waals surface area contributed by atoms with E-state index < -0.39 is 0 Å². The van der Waals surface area contributed by atoms with Crippen LogP contribution in [-0.4, -0.2) is 11.3 Å². The highest BCUT2D eigenvalue weighted by molar-refractivity contribution is 7.17. The number of hydrogen-bond donors (Lipinski definition) is 0. The Hall–Kier alpha value is -2.00. The molecular formula is C14H9NOS. The third-order valence-electron chi connectivity index (χ3n) is 2.65. The maximum absolute atomic E-state index is 10.7. The molecule has 0 saturated heterocycles. The molecule has 3 aromatic rings. The molecule has 0 atom stereocenters. The maximum atomic E-state index is 10.7. The first-order chi connectivity index (χ1) is 8.38. The average Bonchev–Trinajstić information content (AvgIpc) is 2.87. The number of benzene rings is 1. The zero-order chi connectivity index (χ0) is 11.7. The summed E-state index contributed by atoms with van der Waals surface area (Å²) in [6.45, 7) is 0. The predicted molar refractivity (Wildman–Crippen MR) is 70.4 cm³/mol. The van der Waals surface area contributed by atoms with Crippen molar-refractivity contribution in [3.63, 3.8) is 0 Å². The molecule has 0 bridgehead atoms. The van der Waals surface area contributed by atoms with Gasteiger partial charge < -0.3 is 0 Å². The average molecular weight is 239 g/mol. The van der Waals surface area contributed by atoms with Crippen molar-refractivity contribution in [1.82, 2.24) is 4.98 Å². The number of carbonyl (C=O) groups excluding carboxylic acids is 1. The molecule has 0 amide bonds. The molecule has 0 spiro atoms. The topological polar surface area (TPSA) is 30.0 Å². The van der Waals surface area contributed by atoms with E-state index in [2.05, 4.69) is 17.1 Å². The maximum Gasteiger partial charge on any atom is 0.160 e. The summed E-state index contributed by atoms with van der Waals surface area (Å²) in [5, 5.41) is 1.12. The fourth-order valence-corrected chi connectivity index (χ4v) is 2.74. The predicted octanol–water partition coefficient (Wildman–Crippen LogP) is 3.78. The van der Waals surface area contributed by atoms with Crippen molar-refractivity contribution in [2.24, 2.45) is 0 Å². The lowest BCUT2D eigenvalue weighted by Gasteiger charge is -2.02. The van der Waals surface area contributed by atoms with Crippen LogP contribution < -0.4 is 0 Å². The lowest BCUT2D eigenvalue weighted by Crippen LogP contribution is -1.80. The van der Waals surface area contributed by atoms with Crippen LogP contribution in [0.15, 0.2) is 48.7 Å². The van der Waals surface area contributed by atoms with Crippen LogP contribution >= 0.6 is 11.3 Å². The van der Waals surface area contributed by atoms with Crippen molar-refractivity contribution in [2.45, 2.75) is 0 Å². The summed E-state index contributed by atoms with van der Waals surface area (Å²) in [5.74, 6) is 0. The van der Waals surface area contributed by atoms with Crippen LogP contribution in [0, 0.1) is 0 Å². The molecule has 0 radical (unpaired) electrons. The van der Waals surface area contributed by atoms with Crippen molar-refractivity contribution in [2.75, 3.05) is 0 Å². The van der Waals surface area contributed by atoms with Gasteiger partial charge in [0.1, 0.15) is 0 Å². The molecule has 17 heavy (non-hydrogen) atoms. The second-order valence-electron chi connectivity index (χ2n) is 3.70. The molecule has 0 saturated carbocycles. The highest BCUT2D eigenvalue weighted by Gasteiger charge is 2.06. The van der Waals surface area contributed by atoms with Gasteiger partial charge in [-0.05, 0) is 24.3 Å². The molecule has 3 rings (SSSR count). The number of aldehydes is 1. The molecular weight excluding hydrogens is 230 g/mol. The van der Waals surface area contributed by atoms with Crippen LogP contribution in [0.2, 0.25) is 0 Å². The Kier molecular flexibility index (Phi) is 2.46. The molecule has 2 heterocycles. The van der Waals surface area contributed by atoms with Crippen LogP contribution in [0.5, 0.6) is 0 Å². The van der Waals surface area contributed by atoms with Gasteiger partial charge in [0, 0.05) is 22.0 Å². The molecule has 2 aromatic heterocycles. The molecule has 0 aliphatic carbocycles. The minimum atomic E-state index is 0.751.